The van der Waals surface area contributed by atoms with E-state index in [9.17, 15) is 0 Å². The van der Waals surface area contributed by atoms with Gasteiger partial charge < -0.3 is 14.5 Å². The van der Waals surface area contributed by atoms with Crippen LogP contribution in [0.15, 0.2) is 18.2 Å². The lowest BCUT2D eigenvalue weighted by molar-refractivity contribution is 0.157. The molecule has 5 heteroatoms. The zero-order valence-electron chi connectivity index (χ0n) is 12.8. The maximum absolute atomic E-state index is 6.25. The third kappa shape index (κ3) is 5.11. The average Bonchev–Trinajstić information content (AvgIpc) is 2.89. The van der Waals surface area contributed by atoms with E-state index in [2.05, 4.69) is 16.8 Å². The first-order valence-electron chi connectivity index (χ1n) is 7.43. The highest BCUT2D eigenvalue weighted by atomic mass is 35.5. The number of benzene rings is 1. The molecule has 0 unspecified atom stereocenters. The largest absolute Gasteiger partial charge is 0.383 e. The molecule has 1 saturated heterocycles. The summed E-state index contributed by atoms with van der Waals surface area (Å²) >= 11 is 12.3. The summed E-state index contributed by atoms with van der Waals surface area (Å²) in [5, 5.41) is 1.31. The lowest BCUT2D eigenvalue weighted by Crippen LogP contribution is -2.29. The summed E-state index contributed by atoms with van der Waals surface area (Å²) in [6.45, 7) is 6.13. The van der Waals surface area contributed by atoms with Crippen molar-refractivity contribution in [2.24, 2.45) is 5.92 Å². The Balaban J connectivity index is 1.80. The first-order chi connectivity index (χ1) is 10.1. The lowest BCUT2D eigenvalue weighted by atomic mass is 10.1. The number of rotatable bonds is 7. The van der Waals surface area contributed by atoms with Crippen molar-refractivity contribution in [3.63, 3.8) is 0 Å². The van der Waals surface area contributed by atoms with Crippen molar-refractivity contribution in [1.82, 2.24) is 9.80 Å². The normalized spacial score (nSPS) is 19.6. The summed E-state index contributed by atoms with van der Waals surface area (Å²) in [6, 6.07) is 5.84. The van der Waals surface area contributed by atoms with Gasteiger partial charge in [0.2, 0.25) is 0 Å². The number of ether oxygens (including phenoxy) is 1. The smallest absolute Gasteiger partial charge is 0.0637 e. The van der Waals surface area contributed by atoms with E-state index in [4.69, 9.17) is 27.9 Å². The molecule has 1 aliphatic rings. The molecule has 118 valence electrons. The number of hydrogen-bond acceptors (Lipinski definition) is 3. The van der Waals surface area contributed by atoms with Crippen LogP contribution >= 0.6 is 23.2 Å². The van der Waals surface area contributed by atoms with Gasteiger partial charge >= 0.3 is 0 Å². The lowest BCUT2D eigenvalue weighted by Gasteiger charge is -2.22. The Kier molecular flexibility index (Phi) is 6.77. The summed E-state index contributed by atoms with van der Waals surface area (Å²) < 4.78 is 5.14. The molecule has 0 aromatic heterocycles. The second-order valence-electron chi connectivity index (χ2n) is 5.86. The molecule has 1 aromatic carbocycles. The van der Waals surface area contributed by atoms with E-state index in [-0.39, 0.29) is 0 Å². The highest BCUT2D eigenvalue weighted by Crippen LogP contribution is 2.26. The van der Waals surface area contributed by atoms with Crippen LogP contribution in [0.3, 0.4) is 0 Å². The van der Waals surface area contributed by atoms with Gasteiger partial charge in [-0.15, -0.1) is 0 Å². The fraction of sp³-hybridized carbons (Fsp3) is 0.625. The van der Waals surface area contributed by atoms with Crippen molar-refractivity contribution in [3.8, 4) is 0 Å². The summed E-state index contributed by atoms with van der Waals surface area (Å²) in [6.07, 6.45) is 1.26. The molecule has 3 nitrogen and oxygen atoms in total. The third-order valence-electron chi connectivity index (χ3n) is 4.02. The van der Waals surface area contributed by atoms with Crippen LogP contribution in [0, 0.1) is 5.92 Å². The Morgan fingerprint density at radius 3 is 2.95 bits per heavy atom. The minimum atomic E-state index is 0.633. The minimum absolute atomic E-state index is 0.633. The predicted octanol–water partition coefficient (Wildman–Crippen LogP) is 3.39. The average molecular weight is 331 g/mol. The van der Waals surface area contributed by atoms with Gasteiger partial charge in [-0.1, -0.05) is 35.3 Å². The van der Waals surface area contributed by atoms with Crippen molar-refractivity contribution in [2.75, 3.05) is 46.9 Å². The second kappa shape index (κ2) is 8.35. The van der Waals surface area contributed by atoms with Gasteiger partial charge in [-0.3, -0.25) is 0 Å². The van der Waals surface area contributed by atoms with Gasteiger partial charge in [0.15, 0.2) is 0 Å². The maximum atomic E-state index is 6.25. The van der Waals surface area contributed by atoms with Crippen LogP contribution in [-0.2, 0) is 11.3 Å². The zero-order valence-corrected chi connectivity index (χ0v) is 14.3. The molecule has 1 aliphatic heterocycles. The van der Waals surface area contributed by atoms with Crippen molar-refractivity contribution < 1.29 is 4.74 Å². The molecule has 1 fully saturated rings. The number of methoxy groups -OCH3 is 1. The molecule has 1 aromatic rings. The fourth-order valence-electron chi connectivity index (χ4n) is 2.95. The van der Waals surface area contributed by atoms with E-state index < -0.39 is 0 Å². The minimum Gasteiger partial charge on any atom is -0.383 e. The first kappa shape index (κ1) is 17.0. The van der Waals surface area contributed by atoms with Crippen molar-refractivity contribution in [1.29, 1.82) is 0 Å². The predicted molar refractivity (Wildman–Crippen MR) is 89.2 cm³/mol. The van der Waals surface area contributed by atoms with Gasteiger partial charge in [0.05, 0.1) is 16.7 Å². The standard InChI is InChI=1S/C16H24Cl2N2O/c1-19(12-14-4-3-5-15(17)16(14)18)10-13-6-7-20(11-13)8-9-21-2/h3-5,13H,6-12H2,1-2H3/t13-/m0/s1. The van der Waals surface area contributed by atoms with Crippen molar-refractivity contribution in [3.05, 3.63) is 33.8 Å². The van der Waals surface area contributed by atoms with Crippen LogP contribution in [0.5, 0.6) is 0 Å². The van der Waals surface area contributed by atoms with Gasteiger partial charge in [-0.05, 0) is 37.6 Å². The number of hydrogen-bond donors (Lipinski definition) is 0. The SMILES string of the molecule is COCCN1CC[C@@H](CN(C)Cc2cccc(Cl)c2Cl)C1. The quantitative estimate of drug-likeness (QED) is 0.762. The molecule has 0 bridgehead atoms. The molecule has 0 amide bonds. The molecular formula is C16H24Cl2N2O. The van der Waals surface area contributed by atoms with Gasteiger partial charge in [0.1, 0.15) is 0 Å². The van der Waals surface area contributed by atoms with E-state index in [1.54, 1.807) is 7.11 Å². The molecule has 1 heterocycles. The Morgan fingerprint density at radius 2 is 2.19 bits per heavy atom. The fourth-order valence-corrected chi connectivity index (χ4v) is 3.33. The summed E-state index contributed by atoms with van der Waals surface area (Å²) in [4.78, 5) is 4.82. The highest BCUT2D eigenvalue weighted by molar-refractivity contribution is 6.42. The van der Waals surface area contributed by atoms with Gasteiger partial charge in [0.25, 0.3) is 0 Å². The molecule has 0 N–H and O–H groups in total. The van der Waals surface area contributed by atoms with Crippen molar-refractivity contribution >= 4 is 23.2 Å². The summed E-state index contributed by atoms with van der Waals surface area (Å²) in [7, 11) is 3.91. The van der Waals surface area contributed by atoms with Crippen LogP contribution in [0.1, 0.15) is 12.0 Å². The van der Waals surface area contributed by atoms with Crippen LogP contribution in [-0.4, -0.2) is 56.7 Å². The second-order valence-corrected chi connectivity index (χ2v) is 6.64. The van der Waals surface area contributed by atoms with Gasteiger partial charge in [0, 0.05) is 33.3 Å². The Bertz CT molecular complexity index is 456. The van der Waals surface area contributed by atoms with Crippen molar-refractivity contribution in [2.45, 2.75) is 13.0 Å². The Morgan fingerprint density at radius 1 is 1.38 bits per heavy atom. The molecule has 0 saturated carbocycles. The maximum Gasteiger partial charge on any atom is 0.0637 e. The summed E-state index contributed by atoms with van der Waals surface area (Å²) in [5.74, 6) is 0.727. The topological polar surface area (TPSA) is 15.7 Å². The third-order valence-corrected chi connectivity index (χ3v) is 4.88. The van der Waals surface area contributed by atoms with Gasteiger partial charge in [-0.2, -0.15) is 0 Å². The van der Waals surface area contributed by atoms with E-state index in [0.717, 1.165) is 44.3 Å². The number of likely N-dealkylation sites (tertiary alicyclic amines) is 1. The Labute approximate surface area is 137 Å². The molecule has 21 heavy (non-hydrogen) atoms. The van der Waals surface area contributed by atoms with Crippen LogP contribution in [0.2, 0.25) is 10.0 Å². The van der Waals surface area contributed by atoms with Gasteiger partial charge in [-0.25, -0.2) is 0 Å². The van der Waals surface area contributed by atoms with E-state index in [1.165, 1.54) is 13.0 Å². The van der Waals surface area contributed by atoms with Crippen LogP contribution in [0.25, 0.3) is 0 Å². The molecular weight excluding hydrogens is 307 g/mol. The number of halogens is 2. The molecule has 1 atom stereocenters. The Hall–Kier alpha value is -0.320. The molecule has 0 spiro atoms. The number of nitrogens with zero attached hydrogens (tertiary/aromatic N) is 2. The molecule has 2 rings (SSSR count). The highest BCUT2D eigenvalue weighted by Gasteiger charge is 2.23. The zero-order chi connectivity index (χ0) is 15.2. The van der Waals surface area contributed by atoms with E-state index in [1.807, 2.05) is 18.2 Å². The van der Waals surface area contributed by atoms with E-state index in [0.29, 0.717) is 10.0 Å². The van der Waals surface area contributed by atoms with Crippen LogP contribution in [0.4, 0.5) is 0 Å². The van der Waals surface area contributed by atoms with Crippen LogP contribution < -0.4 is 0 Å². The summed E-state index contributed by atoms with van der Waals surface area (Å²) in [5.41, 5.74) is 1.10. The first-order valence-corrected chi connectivity index (χ1v) is 8.18. The van der Waals surface area contributed by atoms with E-state index >= 15 is 0 Å². The molecule has 0 radical (unpaired) electrons. The monoisotopic (exact) mass is 330 g/mol. The molecule has 0 aliphatic carbocycles.